The van der Waals surface area contributed by atoms with Gasteiger partial charge in [0, 0.05) is 42.7 Å². The molecule has 104 valence electrons. The Morgan fingerprint density at radius 3 is 2.74 bits per heavy atom. The first-order valence-corrected chi connectivity index (χ1v) is 8.52. The van der Waals surface area contributed by atoms with E-state index in [2.05, 4.69) is 54.2 Å². The van der Waals surface area contributed by atoms with Gasteiger partial charge in [0.25, 0.3) is 0 Å². The van der Waals surface area contributed by atoms with Gasteiger partial charge in [-0.3, -0.25) is 9.80 Å². The monoisotopic (exact) mass is 276 g/mol. The van der Waals surface area contributed by atoms with Gasteiger partial charge in [0.2, 0.25) is 0 Å². The van der Waals surface area contributed by atoms with Crippen LogP contribution in [-0.4, -0.2) is 47.3 Å². The summed E-state index contributed by atoms with van der Waals surface area (Å²) in [6, 6.07) is 11.3. The molecular weight excluding hydrogens is 252 g/mol. The van der Waals surface area contributed by atoms with Crippen molar-refractivity contribution in [1.29, 1.82) is 0 Å². The van der Waals surface area contributed by atoms with Crippen molar-refractivity contribution < 1.29 is 0 Å². The van der Waals surface area contributed by atoms with E-state index in [1.54, 1.807) is 0 Å². The normalized spacial score (nSPS) is 27.6. The fourth-order valence-corrected chi connectivity index (χ4v) is 4.10. The fraction of sp³-hybridized carbons (Fsp3) is 0.625. The number of fused-ring (bicyclic) bond motifs is 2. The number of hydrogen-bond acceptors (Lipinski definition) is 3. The highest BCUT2D eigenvalue weighted by molar-refractivity contribution is 7.98. The lowest BCUT2D eigenvalue weighted by atomic mass is 10.2. The molecule has 2 fully saturated rings. The molecular formula is C16H24N2S. The van der Waals surface area contributed by atoms with Crippen LogP contribution in [0.15, 0.2) is 29.2 Å². The predicted octanol–water partition coefficient (Wildman–Crippen LogP) is 3.08. The number of benzene rings is 1. The third kappa shape index (κ3) is 2.69. The minimum absolute atomic E-state index is 0.706. The summed E-state index contributed by atoms with van der Waals surface area (Å²) in [5, 5.41) is 0. The summed E-state index contributed by atoms with van der Waals surface area (Å²) in [4.78, 5) is 6.74. The van der Waals surface area contributed by atoms with E-state index in [1.807, 2.05) is 11.8 Å². The quantitative estimate of drug-likeness (QED) is 0.780. The molecule has 2 aliphatic heterocycles. The third-order valence-electron chi connectivity index (χ3n) is 4.58. The molecule has 3 rings (SSSR count). The molecule has 0 spiro atoms. The largest absolute Gasteiger partial charge is 0.295 e. The van der Waals surface area contributed by atoms with Crippen molar-refractivity contribution in [2.75, 3.05) is 19.3 Å². The lowest BCUT2D eigenvalue weighted by molar-refractivity contribution is 0.0998. The lowest BCUT2D eigenvalue weighted by Crippen LogP contribution is -2.48. The fourth-order valence-electron chi connectivity index (χ4n) is 3.61. The van der Waals surface area contributed by atoms with Crippen LogP contribution in [-0.2, 0) is 6.54 Å². The molecule has 19 heavy (non-hydrogen) atoms. The van der Waals surface area contributed by atoms with Gasteiger partial charge in [-0.15, -0.1) is 11.8 Å². The Morgan fingerprint density at radius 2 is 2.11 bits per heavy atom. The number of piperazine rings is 1. The van der Waals surface area contributed by atoms with Gasteiger partial charge in [-0.25, -0.2) is 0 Å². The second kappa shape index (κ2) is 5.47. The van der Waals surface area contributed by atoms with Crippen molar-refractivity contribution in [1.82, 2.24) is 9.80 Å². The summed E-state index contributed by atoms with van der Waals surface area (Å²) in [6.07, 6.45) is 3.53. The van der Waals surface area contributed by atoms with Gasteiger partial charge >= 0.3 is 0 Å². The van der Waals surface area contributed by atoms with Gasteiger partial charge in [-0.1, -0.05) is 12.1 Å². The summed E-state index contributed by atoms with van der Waals surface area (Å²) in [5.41, 5.74) is 1.47. The second-order valence-corrected chi connectivity index (χ2v) is 6.99. The van der Waals surface area contributed by atoms with E-state index in [0.717, 1.165) is 18.6 Å². The van der Waals surface area contributed by atoms with Crippen molar-refractivity contribution in [3.05, 3.63) is 29.8 Å². The Bertz CT molecular complexity index is 446. The zero-order valence-corrected chi connectivity index (χ0v) is 13.0. The van der Waals surface area contributed by atoms with Gasteiger partial charge in [0.15, 0.2) is 0 Å². The smallest absolute Gasteiger partial charge is 0.0242 e. The minimum atomic E-state index is 0.706. The molecule has 0 radical (unpaired) electrons. The van der Waals surface area contributed by atoms with Gasteiger partial charge < -0.3 is 0 Å². The molecule has 0 aliphatic carbocycles. The van der Waals surface area contributed by atoms with Crippen molar-refractivity contribution in [2.24, 2.45) is 0 Å². The van der Waals surface area contributed by atoms with Crippen LogP contribution in [0.4, 0.5) is 0 Å². The highest BCUT2D eigenvalue weighted by Crippen LogP contribution is 2.33. The van der Waals surface area contributed by atoms with Crippen molar-refractivity contribution in [2.45, 2.75) is 49.8 Å². The first-order valence-electron chi connectivity index (χ1n) is 7.30. The van der Waals surface area contributed by atoms with Crippen molar-refractivity contribution in [3.8, 4) is 0 Å². The number of nitrogens with zero attached hydrogens (tertiary/aromatic N) is 2. The summed E-state index contributed by atoms with van der Waals surface area (Å²) < 4.78 is 0. The van der Waals surface area contributed by atoms with E-state index < -0.39 is 0 Å². The van der Waals surface area contributed by atoms with Crippen LogP contribution in [0.1, 0.15) is 25.8 Å². The molecule has 0 N–H and O–H groups in total. The molecule has 2 nitrogen and oxygen atoms in total. The number of rotatable bonds is 4. The molecule has 2 heterocycles. The Labute approximate surface area is 121 Å². The number of hydrogen-bond donors (Lipinski definition) is 0. The molecule has 3 heteroatoms. The van der Waals surface area contributed by atoms with E-state index in [1.165, 1.54) is 30.0 Å². The summed E-state index contributed by atoms with van der Waals surface area (Å²) in [7, 11) is 0. The number of thioether (sulfide) groups is 1. The Hall–Kier alpha value is -0.510. The topological polar surface area (TPSA) is 6.48 Å². The molecule has 0 aromatic heterocycles. The third-order valence-corrected chi connectivity index (χ3v) is 5.30. The van der Waals surface area contributed by atoms with Crippen LogP contribution in [0.3, 0.4) is 0 Å². The highest BCUT2D eigenvalue weighted by Gasteiger charge is 2.43. The molecule has 2 aliphatic rings. The molecule has 2 atom stereocenters. The highest BCUT2D eigenvalue weighted by atomic mass is 32.2. The van der Waals surface area contributed by atoms with E-state index >= 15 is 0 Å². The molecule has 1 aromatic carbocycles. The van der Waals surface area contributed by atoms with Gasteiger partial charge in [0.05, 0.1) is 0 Å². The number of likely N-dealkylation sites (tertiary alicyclic amines) is 2. The molecule has 2 unspecified atom stereocenters. The zero-order chi connectivity index (χ0) is 13.4. The zero-order valence-electron chi connectivity index (χ0n) is 12.2. The van der Waals surface area contributed by atoms with Crippen LogP contribution in [0.2, 0.25) is 0 Å². The Balaban J connectivity index is 1.64. The van der Waals surface area contributed by atoms with Gasteiger partial charge in [-0.2, -0.15) is 0 Å². The Morgan fingerprint density at radius 1 is 1.26 bits per heavy atom. The van der Waals surface area contributed by atoms with Crippen LogP contribution in [0.25, 0.3) is 0 Å². The summed E-state index contributed by atoms with van der Waals surface area (Å²) >= 11 is 1.83. The SMILES string of the molecule is CSc1cccc(CN2CC3CC2CN3C(C)C)c1. The first-order chi connectivity index (χ1) is 9.17. The average molecular weight is 276 g/mol. The standard InChI is InChI=1S/C16H24N2S/c1-12(2)18-11-14-8-15(18)10-17(14)9-13-5-4-6-16(7-13)19-3/h4-7,12,14-15H,8-11H2,1-3H3. The molecule has 2 bridgehead atoms. The molecule has 0 saturated carbocycles. The minimum Gasteiger partial charge on any atom is -0.295 e. The van der Waals surface area contributed by atoms with Crippen LogP contribution in [0.5, 0.6) is 0 Å². The maximum Gasteiger partial charge on any atom is 0.0242 e. The van der Waals surface area contributed by atoms with E-state index in [0.29, 0.717) is 6.04 Å². The van der Waals surface area contributed by atoms with Crippen LogP contribution < -0.4 is 0 Å². The maximum absolute atomic E-state index is 2.68. The van der Waals surface area contributed by atoms with E-state index in [9.17, 15) is 0 Å². The summed E-state index contributed by atoms with van der Waals surface area (Å²) in [5.74, 6) is 0. The van der Waals surface area contributed by atoms with Crippen LogP contribution in [0, 0.1) is 0 Å². The van der Waals surface area contributed by atoms with E-state index in [-0.39, 0.29) is 0 Å². The van der Waals surface area contributed by atoms with Crippen LogP contribution >= 0.6 is 11.8 Å². The molecule has 1 aromatic rings. The van der Waals surface area contributed by atoms with Gasteiger partial charge in [0.1, 0.15) is 0 Å². The summed E-state index contributed by atoms with van der Waals surface area (Å²) in [6.45, 7) is 8.30. The average Bonchev–Trinajstić information content (AvgIpc) is 2.98. The predicted molar refractivity (Wildman–Crippen MR) is 82.7 cm³/mol. The lowest BCUT2D eigenvalue weighted by Gasteiger charge is -2.36. The van der Waals surface area contributed by atoms with Crippen molar-refractivity contribution >= 4 is 11.8 Å². The molecule has 0 amide bonds. The Kier molecular flexibility index (Phi) is 3.88. The maximum atomic E-state index is 2.68. The second-order valence-electron chi connectivity index (χ2n) is 6.11. The first kappa shape index (κ1) is 13.5. The van der Waals surface area contributed by atoms with E-state index in [4.69, 9.17) is 0 Å². The van der Waals surface area contributed by atoms with Gasteiger partial charge in [-0.05, 0) is 44.2 Å². The molecule has 2 saturated heterocycles. The van der Waals surface area contributed by atoms with Crippen molar-refractivity contribution in [3.63, 3.8) is 0 Å².